The summed E-state index contributed by atoms with van der Waals surface area (Å²) >= 11 is 0. The van der Waals surface area contributed by atoms with Crippen molar-refractivity contribution in [2.45, 2.75) is 18.6 Å². The largest absolute Gasteiger partial charge is 0.384 e. The van der Waals surface area contributed by atoms with Crippen LogP contribution in [0.5, 0.6) is 0 Å². The van der Waals surface area contributed by atoms with E-state index in [4.69, 9.17) is 5.73 Å². The minimum Gasteiger partial charge on any atom is -0.384 e. The Morgan fingerprint density at radius 1 is 1.61 bits per heavy atom. The van der Waals surface area contributed by atoms with Gasteiger partial charge in [0.15, 0.2) is 0 Å². The summed E-state index contributed by atoms with van der Waals surface area (Å²) in [5.41, 5.74) is 5.37. The van der Waals surface area contributed by atoms with Gasteiger partial charge in [-0.05, 0) is 12.5 Å². The van der Waals surface area contributed by atoms with Crippen LogP contribution < -0.4 is 11.1 Å². The molecule has 8 heteroatoms. The lowest BCUT2D eigenvalue weighted by Crippen LogP contribution is -2.16. The van der Waals surface area contributed by atoms with Crippen molar-refractivity contribution >= 4 is 28.1 Å². The summed E-state index contributed by atoms with van der Waals surface area (Å²) in [6.45, 7) is 2.32. The lowest BCUT2D eigenvalue weighted by molar-refractivity contribution is -0.384. The van der Waals surface area contributed by atoms with Crippen LogP contribution in [0.3, 0.4) is 0 Å². The summed E-state index contributed by atoms with van der Waals surface area (Å²) in [6, 6.07) is 2.69. The second kappa shape index (κ2) is 6.29. The standard InChI is InChI=1S/C10H16N4O3S/c1-7(18(2)17)5-6-12-10-8(14(15)16)3-4-9(11)13-10/h3-4,7H,5-6H2,1-2H3,(H3,11,12,13). The Kier molecular flexibility index (Phi) is 5.02. The summed E-state index contributed by atoms with van der Waals surface area (Å²) < 4.78 is 11.2. The summed E-state index contributed by atoms with van der Waals surface area (Å²) in [7, 11) is -0.906. The number of rotatable bonds is 6. The molecule has 0 saturated heterocycles. The van der Waals surface area contributed by atoms with E-state index in [0.29, 0.717) is 13.0 Å². The third-order valence-corrected chi connectivity index (χ3v) is 3.87. The molecule has 0 radical (unpaired) electrons. The van der Waals surface area contributed by atoms with Crippen LogP contribution in [0.15, 0.2) is 12.1 Å². The number of nitro groups is 1. The third-order valence-electron chi connectivity index (χ3n) is 2.50. The van der Waals surface area contributed by atoms with Gasteiger partial charge in [-0.1, -0.05) is 6.92 Å². The van der Waals surface area contributed by atoms with E-state index in [-0.39, 0.29) is 22.6 Å². The van der Waals surface area contributed by atoms with Gasteiger partial charge in [0.25, 0.3) is 0 Å². The van der Waals surface area contributed by atoms with E-state index in [1.54, 1.807) is 6.26 Å². The molecule has 0 aliphatic carbocycles. The number of pyridine rings is 1. The van der Waals surface area contributed by atoms with E-state index >= 15 is 0 Å². The lowest BCUT2D eigenvalue weighted by Gasteiger charge is -2.10. The first-order chi connectivity index (χ1) is 8.41. The number of nitrogens with one attached hydrogen (secondary N) is 1. The normalized spacial score (nSPS) is 13.9. The molecular formula is C10H16N4O3S. The van der Waals surface area contributed by atoms with Crippen LogP contribution in [0.2, 0.25) is 0 Å². The second-order valence-corrected chi connectivity index (χ2v) is 5.69. The molecule has 0 spiro atoms. The number of hydrogen-bond acceptors (Lipinski definition) is 6. The zero-order valence-electron chi connectivity index (χ0n) is 10.3. The average molecular weight is 272 g/mol. The van der Waals surface area contributed by atoms with Gasteiger partial charge in [-0.25, -0.2) is 4.98 Å². The smallest absolute Gasteiger partial charge is 0.311 e. The highest BCUT2D eigenvalue weighted by atomic mass is 32.2. The van der Waals surface area contributed by atoms with Crippen LogP contribution in [0.1, 0.15) is 13.3 Å². The van der Waals surface area contributed by atoms with Crippen LogP contribution in [0.4, 0.5) is 17.3 Å². The molecule has 0 fully saturated rings. The zero-order chi connectivity index (χ0) is 13.7. The molecule has 0 saturated carbocycles. The Hall–Kier alpha value is -1.70. The van der Waals surface area contributed by atoms with Crippen molar-refractivity contribution in [3.63, 3.8) is 0 Å². The highest BCUT2D eigenvalue weighted by Crippen LogP contribution is 2.22. The Labute approximate surface area is 107 Å². The van der Waals surface area contributed by atoms with Crippen molar-refractivity contribution in [1.82, 2.24) is 4.98 Å². The maximum atomic E-state index is 11.2. The molecule has 1 heterocycles. The van der Waals surface area contributed by atoms with Crippen molar-refractivity contribution in [1.29, 1.82) is 0 Å². The molecule has 0 aliphatic heterocycles. The number of anilines is 2. The summed E-state index contributed by atoms with van der Waals surface area (Å²) in [4.78, 5) is 14.1. The summed E-state index contributed by atoms with van der Waals surface area (Å²) in [6.07, 6.45) is 2.27. The van der Waals surface area contributed by atoms with Crippen molar-refractivity contribution in [3.05, 3.63) is 22.2 Å². The van der Waals surface area contributed by atoms with Gasteiger partial charge in [0, 0.05) is 34.9 Å². The molecule has 0 amide bonds. The van der Waals surface area contributed by atoms with Crippen LogP contribution in [-0.2, 0) is 10.8 Å². The average Bonchev–Trinajstić information content (AvgIpc) is 2.28. The first kappa shape index (κ1) is 14.4. The van der Waals surface area contributed by atoms with Crippen molar-refractivity contribution in [2.75, 3.05) is 23.9 Å². The van der Waals surface area contributed by atoms with Crippen LogP contribution in [0, 0.1) is 10.1 Å². The van der Waals surface area contributed by atoms with Gasteiger partial charge in [0.1, 0.15) is 5.82 Å². The number of nitrogen functional groups attached to an aromatic ring is 1. The number of hydrogen-bond donors (Lipinski definition) is 2. The van der Waals surface area contributed by atoms with Gasteiger partial charge in [0.05, 0.1) is 4.92 Å². The molecule has 0 bridgehead atoms. The molecular weight excluding hydrogens is 256 g/mol. The maximum absolute atomic E-state index is 11.2. The monoisotopic (exact) mass is 272 g/mol. The van der Waals surface area contributed by atoms with Crippen LogP contribution in [-0.4, -0.2) is 32.2 Å². The van der Waals surface area contributed by atoms with Crippen LogP contribution in [0.25, 0.3) is 0 Å². The fourth-order valence-electron chi connectivity index (χ4n) is 1.30. The predicted molar refractivity (Wildman–Crippen MR) is 71.9 cm³/mol. The van der Waals surface area contributed by atoms with Crippen molar-refractivity contribution in [2.24, 2.45) is 0 Å². The number of nitrogens with zero attached hydrogens (tertiary/aromatic N) is 2. The van der Waals surface area contributed by atoms with Gasteiger partial charge in [0.2, 0.25) is 5.82 Å². The highest BCUT2D eigenvalue weighted by molar-refractivity contribution is 7.84. The molecule has 2 atom stereocenters. The van der Waals surface area contributed by atoms with E-state index in [0.717, 1.165) is 0 Å². The number of nitrogens with two attached hydrogens (primary N) is 1. The van der Waals surface area contributed by atoms with E-state index in [1.807, 2.05) is 6.92 Å². The molecule has 0 aliphatic rings. The quantitative estimate of drug-likeness (QED) is 0.593. The highest BCUT2D eigenvalue weighted by Gasteiger charge is 2.15. The predicted octanol–water partition coefficient (Wildman–Crippen LogP) is 1.14. The van der Waals surface area contributed by atoms with Gasteiger partial charge in [-0.3, -0.25) is 14.3 Å². The molecule has 3 N–H and O–H groups in total. The minimum atomic E-state index is -0.906. The van der Waals surface area contributed by atoms with Gasteiger partial charge >= 0.3 is 5.69 Å². The molecule has 0 aromatic carbocycles. The van der Waals surface area contributed by atoms with Crippen molar-refractivity contribution in [3.8, 4) is 0 Å². The fourth-order valence-corrected chi connectivity index (χ4v) is 1.75. The minimum absolute atomic E-state index is 0.0256. The third kappa shape index (κ3) is 3.95. The maximum Gasteiger partial charge on any atom is 0.311 e. The van der Waals surface area contributed by atoms with Crippen LogP contribution >= 0.6 is 0 Å². The molecule has 2 unspecified atom stereocenters. The van der Waals surface area contributed by atoms with E-state index in [9.17, 15) is 14.3 Å². The van der Waals surface area contributed by atoms with Gasteiger partial charge < -0.3 is 11.1 Å². The summed E-state index contributed by atoms with van der Waals surface area (Å²) in [5, 5.41) is 13.7. The van der Waals surface area contributed by atoms with E-state index in [2.05, 4.69) is 10.3 Å². The van der Waals surface area contributed by atoms with Crippen molar-refractivity contribution < 1.29 is 9.13 Å². The Bertz CT molecular complexity index is 466. The first-order valence-corrected chi connectivity index (χ1v) is 7.01. The van der Waals surface area contributed by atoms with E-state index in [1.165, 1.54) is 12.1 Å². The molecule has 7 nitrogen and oxygen atoms in total. The Morgan fingerprint density at radius 3 is 2.83 bits per heavy atom. The molecule has 18 heavy (non-hydrogen) atoms. The van der Waals surface area contributed by atoms with E-state index < -0.39 is 15.7 Å². The van der Waals surface area contributed by atoms with Gasteiger partial charge in [-0.2, -0.15) is 0 Å². The molecule has 1 aromatic heterocycles. The topological polar surface area (TPSA) is 111 Å². The molecule has 1 aromatic rings. The zero-order valence-corrected chi connectivity index (χ0v) is 11.1. The Balaban J connectivity index is 2.69. The summed E-state index contributed by atoms with van der Waals surface area (Å²) in [5.74, 6) is 0.365. The second-order valence-electron chi connectivity index (χ2n) is 3.89. The fraction of sp³-hybridized carbons (Fsp3) is 0.500. The first-order valence-electron chi connectivity index (χ1n) is 5.39. The lowest BCUT2D eigenvalue weighted by atomic mass is 10.3. The molecule has 100 valence electrons. The molecule has 1 rings (SSSR count). The SMILES string of the molecule is CC(CCNc1nc(N)ccc1[N+](=O)[O-])S(C)=O. The Morgan fingerprint density at radius 2 is 2.28 bits per heavy atom. The number of aromatic nitrogens is 1. The van der Waals surface area contributed by atoms with Gasteiger partial charge in [-0.15, -0.1) is 0 Å².